The second kappa shape index (κ2) is 5.23. The van der Waals surface area contributed by atoms with Crippen LogP contribution in [0.5, 0.6) is 0 Å². The SMILES string of the molecule is NC(c1ccc(Cl)cc1F)C1CCCc2sccc21. The smallest absolute Gasteiger partial charge is 0.129 e. The number of halogens is 2. The number of nitrogens with two attached hydrogens (primary N) is 1. The summed E-state index contributed by atoms with van der Waals surface area (Å²) < 4.78 is 14.0. The largest absolute Gasteiger partial charge is 0.323 e. The fourth-order valence-electron chi connectivity index (χ4n) is 2.88. The number of thiophene rings is 1. The van der Waals surface area contributed by atoms with Crippen molar-refractivity contribution in [3.63, 3.8) is 0 Å². The Bertz CT molecular complexity index is 596. The van der Waals surface area contributed by atoms with Crippen LogP contribution in [0.4, 0.5) is 4.39 Å². The van der Waals surface area contributed by atoms with Crippen LogP contribution in [0.1, 0.15) is 40.8 Å². The summed E-state index contributed by atoms with van der Waals surface area (Å²) in [4.78, 5) is 1.40. The maximum atomic E-state index is 14.0. The number of fused-ring (bicyclic) bond motifs is 1. The van der Waals surface area contributed by atoms with Gasteiger partial charge in [-0.25, -0.2) is 4.39 Å². The highest BCUT2D eigenvalue weighted by atomic mass is 35.5. The summed E-state index contributed by atoms with van der Waals surface area (Å²) in [5.74, 6) is -0.0898. The molecule has 0 aliphatic heterocycles. The summed E-state index contributed by atoms with van der Waals surface area (Å²) in [6.07, 6.45) is 3.27. The van der Waals surface area contributed by atoms with Gasteiger partial charge in [0.05, 0.1) is 0 Å². The van der Waals surface area contributed by atoms with Gasteiger partial charge in [-0.2, -0.15) is 0 Å². The average molecular weight is 296 g/mol. The van der Waals surface area contributed by atoms with Crippen molar-refractivity contribution in [2.24, 2.45) is 5.73 Å². The fraction of sp³-hybridized carbons (Fsp3) is 0.333. The highest BCUT2D eigenvalue weighted by Crippen LogP contribution is 2.41. The van der Waals surface area contributed by atoms with Gasteiger partial charge in [-0.1, -0.05) is 17.7 Å². The van der Waals surface area contributed by atoms with E-state index < -0.39 is 0 Å². The van der Waals surface area contributed by atoms with Crippen LogP contribution >= 0.6 is 22.9 Å². The first-order valence-electron chi connectivity index (χ1n) is 6.43. The molecule has 0 saturated heterocycles. The third kappa shape index (κ3) is 2.42. The summed E-state index contributed by atoms with van der Waals surface area (Å²) in [5.41, 5.74) is 8.18. The van der Waals surface area contributed by atoms with E-state index in [0.29, 0.717) is 10.6 Å². The second-order valence-corrected chi connectivity index (χ2v) is 6.43. The van der Waals surface area contributed by atoms with Crippen molar-refractivity contribution >= 4 is 22.9 Å². The van der Waals surface area contributed by atoms with Gasteiger partial charge in [0.1, 0.15) is 5.82 Å². The quantitative estimate of drug-likeness (QED) is 0.857. The van der Waals surface area contributed by atoms with Crippen molar-refractivity contribution in [1.82, 2.24) is 0 Å². The van der Waals surface area contributed by atoms with Crippen LogP contribution in [-0.2, 0) is 6.42 Å². The highest BCUT2D eigenvalue weighted by molar-refractivity contribution is 7.10. The Morgan fingerprint density at radius 2 is 2.21 bits per heavy atom. The van der Waals surface area contributed by atoms with E-state index in [4.69, 9.17) is 17.3 Å². The Kier molecular flexibility index (Phi) is 3.61. The van der Waals surface area contributed by atoms with E-state index in [0.717, 1.165) is 19.3 Å². The molecule has 1 aliphatic rings. The van der Waals surface area contributed by atoms with Gasteiger partial charge >= 0.3 is 0 Å². The van der Waals surface area contributed by atoms with Gasteiger partial charge in [-0.3, -0.25) is 0 Å². The van der Waals surface area contributed by atoms with E-state index in [1.165, 1.54) is 16.5 Å². The van der Waals surface area contributed by atoms with Crippen LogP contribution in [0.3, 0.4) is 0 Å². The van der Waals surface area contributed by atoms with Gasteiger partial charge in [-0.05, 0) is 48.4 Å². The number of rotatable bonds is 2. The van der Waals surface area contributed by atoms with Crippen molar-refractivity contribution < 1.29 is 4.39 Å². The van der Waals surface area contributed by atoms with Crippen LogP contribution < -0.4 is 5.73 Å². The molecule has 100 valence electrons. The second-order valence-electron chi connectivity index (χ2n) is 4.99. The molecule has 0 bridgehead atoms. The minimum Gasteiger partial charge on any atom is -0.323 e. The topological polar surface area (TPSA) is 26.0 Å². The molecule has 0 spiro atoms. The number of hydrogen-bond donors (Lipinski definition) is 1. The molecule has 0 fully saturated rings. The molecule has 1 aromatic heterocycles. The first kappa shape index (κ1) is 13.1. The molecular formula is C15H15ClFNS. The summed E-state index contributed by atoms with van der Waals surface area (Å²) >= 11 is 7.57. The average Bonchev–Trinajstić information content (AvgIpc) is 2.86. The maximum Gasteiger partial charge on any atom is 0.129 e. The van der Waals surface area contributed by atoms with E-state index in [1.54, 1.807) is 23.5 Å². The molecule has 2 aromatic rings. The predicted molar refractivity (Wildman–Crippen MR) is 78.3 cm³/mol. The number of benzene rings is 1. The molecule has 1 aliphatic carbocycles. The zero-order chi connectivity index (χ0) is 13.4. The molecule has 2 atom stereocenters. The van der Waals surface area contributed by atoms with Gasteiger partial charge in [-0.15, -0.1) is 11.3 Å². The van der Waals surface area contributed by atoms with Gasteiger partial charge in [0.25, 0.3) is 0 Å². The Hall–Kier alpha value is -0.900. The van der Waals surface area contributed by atoms with Gasteiger partial charge in [0, 0.05) is 27.4 Å². The van der Waals surface area contributed by atoms with E-state index in [-0.39, 0.29) is 17.8 Å². The van der Waals surface area contributed by atoms with E-state index in [9.17, 15) is 4.39 Å². The van der Waals surface area contributed by atoms with Crippen LogP contribution in [0.25, 0.3) is 0 Å². The minimum absolute atomic E-state index is 0.214. The third-order valence-corrected chi connectivity index (χ3v) is 5.09. The normalized spacial score (nSPS) is 20.1. The molecule has 19 heavy (non-hydrogen) atoms. The van der Waals surface area contributed by atoms with Crippen molar-refractivity contribution in [3.8, 4) is 0 Å². The molecule has 3 rings (SSSR count). The predicted octanol–water partition coefficient (Wildman–Crippen LogP) is 4.66. The van der Waals surface area contributed by atoms with E-state index in [1.807, 2.05) is 0 Å². The van der Waals surface area contributed by atoms with Crippen molar-refractivity contribution in [2.75, 3.05) is 0 Å². The first-order valence-corrected chi connectivity index (χ1v) is 7.69. The summed E-state index contributed by atoms with van der Waals surface area (Å²) in [5, 5.41) is 2.52. The molecule has 1 nitrogen and oxygen atoms in total. The monoisotopic (exact) mass is 295 g/mol. The van der Waals surface area contributed by atoms with Crippen LogP contribution in [0, 0.1) is 5.82 Å². The molecule has 2 N–H and O–H groups in total. The number of hydrogen-bond acceptors (Lipinski definition) is 2. The summed E-state index contributed by atoms with van der Waals surface area (Å²) in [6, 6.07) is 6.59. The first-order chi connectivity index (χ1) is 9.16. The van der Waals surface area contributed by atoms with Gasteiger partial charge in [0.2, 0.25) is 0 Å². The Morgan fingerprint density at radius 1 is 1.37 bits per heavy atom. The van der Waals surface area contributed by atoms with Crippen LogP contribution in [-0.4, -0.2) is 0 Å². The highest BCUT2D eigenvalue weighted by Gasteiger charge is 2.28. The molecule has 1 heterocycles. The molecule has 4 heteroatoms. The van der Waals surface area contributed by atoms with Crippen molar-refractivity contribution in [3.05, 3.63) is 56.5 Å². The molecule has 1 aromatic carbocycles. The minimum atomic E-state index is -0.303. The van der Waals surface area contributed by atoms with Crippen molar-refractivity contribution in [2.45, 2.75) is 31.2 Å². The molecule has 0 saturated carbocycles. The Morgan fingerprint density at radius 3 is 3.00 bits per heavy atom. The zero-order valence-corrected chi connectivity index (χ0v) is 12.0. The Labute approximate surface area is 121 Å². The lowest BCUT2D eigenvalue weighted by atomic mass is 9.80. The summed E-state index contributed by atoms with van der Waals surface area (Å²) in [7, 11) is 0. The molecular weight excluding hydrogens is 281 g/mol. The molecule has 0 amide bonds. The van der Waals surface area contributed by atoms with Crippen LogP contribution in [0.15, 0.2) is 29.6 Å². The van der Waals surface area contributed by atoms with E-state index >= 15 is 0 Å². The van der Waals surface area contributed by atoms with Crippen molar-refractivity contribution in [1.29, 1.82) is 0 Å². The summed E-state index contributed by atoms with van der Waals surface area (Å²) in [6.45, 7) is 0. The Balaban J connectivity index is 1.95. The number of aryl methyl sites for hydroxylation is 1. The van der Waals surface area contributed by atoms with Gasteiger partial charge in [0.15, 0.2) is 0 Å². The lowest BCUT2D eigenvalue weighted by molar-refractivity contribution is 0.462. The maximum absolute atomic E-state index is 14.0. The molecule has 0 radical (unpaired) electrons. The lowest BCUT2D eigenvalue weighted by Gasteiger charge is -2.28. The van der Waals surface area contributed by atoms with Crippen LogP contribution in [0.2, 0.25) is 5.02 Å². The standard InChI is InChI=1S/C15H15ClFNS/c16-9-4-5-12(13(17)8-9)15(18)11-2-1-3-14-10(11)6-7-19-14/h4-8,11,15H,1-3,18H2. The van der Waals surface area contributed by atoms with E-state index in [2.05, 4.69) is 11.4 Å². The zero-order valence-electron chi connectivity index (χ0n) is 10.4. The molecule has 2 unspecified atom stereocenters. The third-order valence-electron chi connectivity index (χ3n) is 3.85. The van der Waals surface area contributed by atoms with Gasteiger partial charge < -0.3 is 5.73 Å². The lowest BCUT2D eigenvalue weighted by Crippen LogP contribution is -2.23. The fourth-order valence-corrected chi connectivity index (χ4v) is 4.04.